The number of sulfonamides is 1. The van der Waals surface area contributed by atoms with Crippen LogP contribution in [-0.4, -0.2) is 70.2 Å². The highest BCUT2D eigenvalue weighted by molar-refractivity contribution is 7.89. The molecule has 0 aromatic heterocycles. The Balaban J connectivity index is 1.67. The van der Waals surface area contributed by atoms with E-state index < -0.39 is 10.0 Å². The lowest BCUT2D eigenvalue weighted by Gasteiger charge is -2.35. The van der Waals surface area contributed by atoms with E-state index in [9.17, 15) is 8.42 Å². The molecule has 2 heterocycles. The van der Waals surface area contributed by atoms with Crippen LogP contribution in [0.5, 0.6) is 5.75 Å². The van der Waals surface area contributed by atoms with Crippen molar-refractivity contribution < 1.29 is 17.9 Å². The third-order valence-electron chi connectivity index (χ3n) is 4.75. The monoisotopic (exact) mass is 354 g/mol. The van der Waals surface area contributed by atoms with Gasteiger partial charge in [0.1, 0.15) is 10.6 Å². The van der Waals surface area contributed by atoms with Crippen molar-refractivity contribution in [2.45, 2.75) is 30.8 Å². The summed E-state index contributed by atoms with van der Waals surface area (Å²) in [5.41, 5.74) is 0.909. The minimum Gasteiger partial charge on any atom is -0.495 e. The summed E-state index contributed by atoms with van der Waals surface area (Å²) in [5, 5.41) is 0. The Morgan fingerprint density at radius 1 is 1.25 bits per heavy atom. The Bertz CT molecular complexity index is 663. The van der Waals surface area contributed by atoms with Crippen molar-refractivity contribution in [3.8, 4) is 5.75 Å². The number of piperazine rings is 1. The summed E-state index contributed by atoms with van der Waals surface area (Å²) in [7, 11) is -2.02. The fraction of sp³-hybridized carbons (Fsp3) is 0.647. The fourth-order valence-corrected chi connectivity index (χ4v) is 5.02. The number of rotatable bonds is 5. The van der Waals surface area contributed by atoms with Crippen molar-refractivity contribution in [3.05, 3.63) is 23.8 Å². The van der Waals surface area contributed by atoms with E-state index >= 15 is 0 Å². The molecule has 1 unspecified atom stereocenters. The van der Waals surface area contributed by atoms with Gasteiger partial charge >= 0.3 is 0 Å². The highest BCUT2D eigenvalue weighted by Gasteiger charge is 2.31. The van der Waals surface area contributed by atoms with Crippen LogP contribution in [0.2, 0.25) is 0 Å². The minimum atomic E-state index is -3.53. The average molecular weight is 354 g/mol. The number of aryl methyl sites for hydroxylation is 1. The van der Waals surface area contributed by atoms with Crippen molar-refractivity contribution >= 4 is 10.0 Å². The first-order valence-corrected chi connectivity index (χ1v) is 9.93. The molecule has 134 valence electrons. The Hall–Kier alpha value is -1.15. The van der Waals surface area contributed by atoms with Gasteiger partial charge in [0.25, 0.3) is 0 Å². The lowest BCUT2D eigenvalue weighted by atomic mass is 10.2. The SMILES string of the molecule is COc1ccc(C)cc1S(=O)(=O)N1CCN(CC2CCCO2)CC1. The summed E-state index contributed by atoms with van der Waals surface area (Å²) in [4.78, 5) is 2.56. The van der Waals surface area contributed by atoms with E-state index in [1.165, 1.54) is 7.11 Å². The van der Waals surface area contributed by atoms with Crippen LogP contribution in [0.1, 0.15) is 18.4 Å². The standard InChI is InChI=1S/C17H26N2O4S/c1-14-5-6-16(22-2)17(12-14)24(20,21)19-9-7-18(8-10-19)13-15-4-3-11-23-15/h5-6,12,15H,3-4,7-11,13H2,1-2H3. The molecule has 1 atom stereocenters. The lowest BCUT2D eigenvalue weighted by Crippen LogP contribution is -2.50. The van der Waals surface area contributed by atoms with Gasteiger partial charge < -0.3 is 9.47 Å². The molecule has 2 aliphatic heterocycles. The smallest absolute Gasteiger partial charge is 0.246 e. The van der Waals surface area contributed by atoms with Gasteiger partial charge in [-0.2, -0.15) is 4.31 Å². The summed E-state index contributed by atoms with van der Waals surface area (Å²) in [6.45, 7) is 6.14. The zero-order chi connectivity index (χ0) is 17.2. The van der Waals surface area contributed by atoms with Gasteiger partial charge in [0, 0.05) is 39.3 Å². The molecule has 0 aliphatic carbocycles. The Kier molecular flexibility index (Phi) is 5.44. The largest absolute Gasteiger partial charge is 0.495 e. The van der Waals surface area contributed by atoms with Crippen molar-refractivity contribution in [1.29, 1.82) is 0 Å². The third-order valence-corrected chi connectivity index (χ3v) is 6.67. The first kappa shape index (κ1) is 17.7. The Morgan fingerprint density at radius 2 is 2.00 bits per heavy atom. The van der Waals surface area contributed by atoms with E-state index in [2.05, 4.69) is 4.90 Å². The van der Waals surface area contributed by atoms with Gasteiger partial charge in [0.05, 0.1) is 13.2 Å². The highest BCUT2D eigenvalue weighted by atomic mass is 32.2. The van der Waals surface area contributed by atoms with Crippen LogP contribution in [-0.2, 0) is 14.8 Å². The molecule has 0 saturated carbocycles. The molecule has 7 heteroatoms. The molecule has 0 N–H and O–H groups in total. The number of methoxy groups -OCH3 is 1. The van der Waals surface area contributed by atoms with Gasteiger partial charge in [0.2, 0.25) is 10.0 Å². The number of hydrogen-bond donors (Lipinski definition) is 0. The van der Waals surface area contributed by atoms with Crippen LogP contribution in [0.3, 0.4) is 0 Å². The van der Waals surface area contributed by atoms with Crippen molar-refractivity contribution in [2.24, 2.45) is 0 Å². The van der Waals surface area contributed by atoms with Gasteiger partial charge in [-0.05, 0) is 37.5 Å². The Morgan fingerprint density at radius 3 is 2.62 bits per heavy atom. The molecule has 0 radical (unpaired) electrons. The van der Waals surface area contributed by atoms with Gasteiger partial charge in [-0.1, -0.05) is 6.07 Å². The predicted octanol–water partition coefficient (Wildman–Crippen LogP) is 1.49. The summed E-state index contributed by atoms with van der Waals surface area (Å²) in [6, 6.07) is 5.26. The van der Waals surface area contributed by atoms with Gasteiger partial charge in [-0.15, -0.1) is 0 Å². The average Bonchev–Trinajstić information content (AvgIpc) is 3.08. The fourth-order valence-electron chi connectivity index (χ4n) is 3.35. The van der Waals surface area contributed by atoms with Crippen LogP contribution >= 0.6 is 0 Å². The molecular weight excluding hydrogens is 328 g/mol. The number of nitrogens with zero attached hydrogens (tertiary/aromatic N) is 2. The summed E-state index contributed by atoms with van der Waals surface area (Å²) in [6.07, 6.45) is 2.55. The van der Waals surface area contributed by atoms with Crippen molar-refractivity contribution in [1.82, 2.24) is 9.21 Å². The van der Waals surface area contributed by atoms with E-state index in [1.54, 1.807) is 16.4 Å². The number of hydrogen-bond acceptors (Lipinski definition) is 5. The second-order valence-electron chi connectivity index (χ2n) is 6.49. The third kappa shape index (κ3) is 3.74. The molecule has 2 aliphatic rings. The minimum absolute atomic E-state index is 0.262. The molecule has 1 aromatic rings. The quantitative estimate of drug-likeness (QED) is 0.802. The molecule has 0 spiro atoms. The maximum atomic E-state index is 13.0. The van der Waals surface area contributed by atoms with Crippen LogP contribution in [0.25, 0.3) is 0 Å². The van der Waals surface area contributed by atoms with E-state index in [4.69, 9.17) is 9.47 Å². The first-order chi connectivity index (χ1) is 11.5. The van der Waals surface area contributed by atoms with E-state index in [0.717, 1.165) is 44.6 Å². The number of ether oxygens (including phenoxy) is 2. The van der Waals surface area contributed by atoms with Crippen molar-refractivity contribution in [2.75, 3.05) is 46.4 Å². The van der Waals surface area contributed by atoms with E-state index in [0.29, 0.717) is 24.9 Å². The first-order valence-electron chi connectivity index (χ1n) is 8.49. The molecule has 2 saturated heterocycles. The molecule has 3 rings (SSSR count). The lowest BCUT2D eigenvalue weighted by molar-refractivity contribution is 0.0617. The molecule has 6 nitrogen and oxygen atoms in total. The highest BCUT2D eigenvalue weighted by Crippen LogP contribution is 2.28. The molecule has 0 bridgehead atoms. The second kappa shape index (κ2) is 7.39. The molecular formula is C17H26N2O4S. The van der Waals surface area contributed by atoms with Gasteiger partial charge in [-0.25, -0.2) is 8.42 Å². The van der Waals surface area contributed by atoms with E-state index in [1.807, 2.05) is 13.0 Å². The summed E-state index contributed by atoms with van der Waals surface area (Å²) >= 11 is 0. The zero-order valence-electron chi connectivity index (χ0n) is 14.4. The molecule has 0 amide bonds. The maximum absolute atomic E-state index is 13.0. The Labute approximate surface area is 144 Å². The molecule has 24 heavy (non-hydrogen) atoms. The van der Waals surface area contributed by atoms with Crippen LogP contribution in [0.4, 0.5) is 0 Å². The number of benzene rings is 1. The summed E-state index contributed by atoms with van der Waals surface area (Å²) in [5.74, 6) is 0.405. The molecule has 1 aromatic carbocycles. The zero-order valence-corrected chi connectivity index (χ0v) is 15.2. The van der Waals surface area contributed by atoms with Gasteiger partial charge in [-0.3, -0.25) is 4.90 Å². The maximum Gasteiger partial charge on any atom is 0.246 e. The van der Waals surface area contributed by atoms with Crippen LogP contribution in [0, 0.1) is 6.92 Å². The summed E-state index contributed by atoms with van der Waals surface area (Å²) < 4.78 is 38.4. The topological polar surface area (TPSA) is 59.1 Å². The van der Waals surface area contributed by atoms with E-state index in [-0.39, 0.29) is 4.90 Å². The predicted molar refractivity (Wildman–Crippen MR) is 91.9 cm³/mol. The van der Waals surface area contributed by atoms with Crippen LogP contribution in [0.15, 0.2) is 23.1 Å². The van der Waals surface area contributed by atoms with Crippen LogP contribution < -0.4 is 4.74 Å². The van der Waals surface area contributed by atoms with Crippen molar-refractivity contribution in [3.63, 3.8) is 0 Å². The molecule has 2 fully saturated rings. The normalized spacial score (nSPS) is 23.5. The second-order valence-corrected chi connectivity index (χ2v) is 8.40. The van der Waals surface area contributed by atoms with Gasteiger partial charge in [0.15, 0.2) is 0 Å².